The van der Waals surface area contributed by atoms with E-state index in [1.54, 1.807) is 18.2 Å². The first-order valence-corrected chi connectivity index (χ1v) is 6.95. The highest BCUT2D eigenvalue weighted by molar-refractivity contribution is 14.1. The molecule has 0 amide bonds. The zero-order valence-corrected chi connectivity index (χ0v) is 12.9. The maximum Gasteiger partial charge on any atom is 0.125 e. The van der Waals surface area contributed by atoms with Crippen molar-refractivity contribution in [3.8, 4) is 5.75 Å². The Hall–Kier alpha value is -0.850. The summed E-state index contributed by atoms with van der Waals surface area (Å²) in [5, 5.41) is 10.9. The lowest BCUT2D eigenvalue weighted by Gasteiger charge is -2.15. The lowest BCUT2D eigenvalue weighted by Crippen LogP contribution is -2.03. The van der Waals surface area contributed by atoms with E-state index >= 15 is 0 Å². The van der Waals surface area contributed by atoms with E-state index in [0.717, 1.165) is 3.57 Å². The highest BCUT2D eigenvalue weighted by Gasteiger charge is 2.17. The summed E-state index contributed by atoms with van der Waals surface area (Å²) in [6.45, 7) is 0. The first kappa shape index (κ1) is 14.6. The van der Waals surface area contributed by atoms with Gasteiger partial charge in [0.05, 0.1) is 12.1 Å². The van der Waals surface area contributed by atoms with E-state index in [0.29, 0.717) is 21.9 Å². The molecule has 19 heavy (non-hydrogen) atoms. The van der Waals surface area contributed by atoms with Crippen molar-refractivity contribution in [3.63, 3.8) is 0 Å². The van der Waals surface area contributed by atoms with Gasteiger partial charge < -0.3 is 9.84 Å². The second-order valence-electron chi connectivity index (χ2n) is 3.96. The maximum absolute atomic E-state index is 13.3. The molecule has 2 aromatic rings. The van der Waals surface area contributed by atoms with Crippen molar-refractivity contribution in [1.82, 2.24) is 0 Å². The third kappa shape index (κ3) is 3.19. The topological polar surface area (TPSA) is 29.5 Å². The molecule has 1 unspecified atom stereocenters. The van der Waals surface area contributed by atoms with Crippen molar-refractivity contribution in [2.24, 2.45) is 0 Å². The highest BCUT2D eigenvalue weighted by atomic mass is 127. The van der Waals surface area contributed by atoms with Gasteiger partial charge in [0.25, 0.3) is 0 Å². The van der Waals surface area contributed by atoms with Crippen molar-refractivity contribution in [3.05, 3.63) is 61.9 Å². The minimum absolute atomic E-state index is 0.375. The normalized spacial score (nSPS) is 12.3. The summed E-state index contributed by atoms with van der Waals surface area (Å²) >= 11 is 8.13. The van der Waals surface area contributed by atoms with Gasteiger partial charge in [-0.05, 0) is 58.5 Å². The maximum atomic E-state index is 13.3. The van der Waals surface area contributed by atoms with Crippen molar-refractivity contribution in [2.75, 3.05) is 7.11 Å². The summed E-state index contributed by atoms with van der Waals surface area (Å²) in [4.78, 5) is 0. The van der Waals surface area contributed by atoms with Crippen LogP contribution in [0.4, 0.5) is 4.39 Å². The lowest BCUT2D eigenvalue weighted by atomic mass is 10.0. The van der Waals surface area contributed by atoms with Crippen LogP contribution in [0.5, 0.6) is 5.75 Å². The summed E-state index contributed by atoms with van der Waals surface area (Å²) in [6.07, 6.45) is -0.986. The fourth-order valence-electron chi connectivity index (χ4n) is 1.78. The van der Waals surface area contributed by atoms with Crippen LogP contribution in [0.2, 0.25) is 5.02 Å². The number of hydrogen-bond donors (Lipinski definition) is 1. The smallest absolute Gasteiger partial charge is 0.125 e. The molecule has 1 N–H and O–H groups in total. The number of rotatable bonds is 3. The minimum atomic E-state index is -0.986. The van der Waals surface area contributed by atoms with E-state index < -0.39 is 11.9 Å². The van der Waals surface area contributed by atoms with Gasteiger partial charge >= 0.3 is 0 Å². The summed E-state index contributed by atoms with van der Waals surface area (Å²) in [7, 11) is 1.48. The molecule has 2 rings (SSSR count). The van der Waals surface area contributed by atoms with Gasteiger partial charge in [0, 0.05) is 9.13 Å². The van der Waals surface area contributed by atoms with E-state index in [-0.39, 0.29) is 0 Å². The third-order valence-electron chi connectivity index (χ3n) is 2.75. The molecule has 0 saturated heterocycles. The molecular weight excluding hydrogens is 382 g/mol. The van der Waals surface area contributed by atoms with Crippen molar-refractivity contribution in [2.45, 2.75) is 6.10 Å². The minimum Gasteiger partial charge on any atom is -0.496 e. The second-order valence-corrected chi connectivity index (χ2v) is 5.53. The van der Waals surface area contributed by atoms with Gasteiger partial charge in [-0.1, -0.05) is 17.7 Å². The Bertz CT molecular complexity index is 604. The molecular formula is C14H11ClFIO2. The van der Waals surface area contributed by atoms with E-state index in [1.807, 2.05) is 0 Å². The Morgan fingerprint density at radius 3 is 2.63 bits per heavy atom. The predicted octanol–water partition coefficient (Wildman–Crippen LogP) is 4.17. The van der Waals surface area contributed by atoms with E-state index in [4.69, 9.17) is 16.3 Å². The summed E-state index contributed by atoms with van der Waals surface area (Å²) in [5.74, 6) is 0.00929. The number of methoxy groups -OCH3 is 1. The van der Waals surface area contributed by atoms with Crippen LogP contribution in [0.25, 0.3) is 0 Å². The Morgan fingerprint density at radius 2 is 2.00 bits per heavy atom. The fraction of sp³-hybridized carbons (Fsp3) is 0.143. The number of hydrogen-bond acceptors (Lipinski definition) is 2. The van der Waals surface area contributed by atoms with Crippen LogP contribution >= 0.6 is 34.2 Å². The van der Waals surface area contributed by atoms with E-state index in [1.165, 1.54) is 25.3 Å². The number of halogens is 3. The number of ether oxygens (including phenoxy) is 1. The van der Waals surface area contributed by atoms with Crippen LogP contribution in [0.1, 0.15) is 17.2 Å². The molecule has 2 nitrogen and oxygen atoms in total. The van der Waals surface area contributed by atoms with Crippen LogP contribution in [-0.2, 0) is 0 Å². The second kappa shape index (κ2) is 6.07. The Kier molecular flexibility index (Phi) is 4.65. The van der Waals surface area contributed by atoms with Crippen LogP contribution in [0.15, 0.2) is 36.4 Å². The van der Waals surface area contributed by atoms with Gasteiger partial charge in [-0.3, -0.25) is 0 Å². The average molecular weight is 393 g/mol. The van der Waals surface area contributed by atoms with Crippen molar-refractivity contribution < 1.29 is 14.2 Å². The molecule has 2 aromatic carbocycles. The fourth-order valence-corrected chi connectivity index (χ4v) is 2.31. The molecule has 0 aromatic heterocycles. The average Bonchev–Trinajstić information content (AvgIpc) is 2.41. The zero-order valence-electron chi connectivity index (χ0n) is 10.0. The molecule has 0 bridgehead atoms. The molecule has 0 heterocycles. The summed E-state index contributed by atoms with van der Waals surface area (Å²) < 4.78 is 19.3. The van der Waals surface area contributed by atoms with Gasteiger partial charge in [-0.25, -0.2) is 4.39 Å². The molecule has 0 aliphatic rings. The monoisotopic (exact) mass is 392 g/mol. The number of aliphatic hydroxyl groups excluding tert-OH is 1. The highest BCUT2D eigenvalue weighted by Crippen LogP contribution is 2.32. The van der Waals surface area contributed by atoms with Crippen LogP contribution in [0.3, 0.4) is 0 Å². The molecule has 0 fully saturated rings. The van der Waals surface area contributed by atoms with Gasteiger partial charge in [0.2, 0.25) is 0 Å². The number of benzene rings is 2. The standard InChI is InChI=1S/C14H11ClFIO2/c1-19-13-5-3-9(16)7-10(13)14(18)8-2-4-12(17)11(15)6-8/h2-7,14,18H,1H3. The van der Waals surface area contributed by atoms with Gasteiger partial charge in [-0.15, -0.1) is 0 Å². The first-order chi connectivity index (χ1) is 9.02. The summed E-state index contributed by atoms with van der Waals surface area (Å²) in [6, 6.07) is 9.25. The molecule has 0 radical (unpaired) electrons. The third-order valence-corrected chi connectivity index (χ3v) is 4.32. The van der Waals surface area contributed by atoms with Crippen molar-refractivity contribution >= 4 is 34.2 Å². The van der Waals surface area contributed by atoms with Crippen molar-refractivity contribution in [1.29, 1.82) is 0 Å². The molecule has 100 valence electrons. The molecule has 0 aliphatic heterocycles. The Morgan fingerprint density at radius 1 is 1.26 bits per heavy atom. The SMILES string of the molecule is COc1ccc(F)cc1C(O)c1ccc(I)c(Cl)c1. The molecule has 0 spiro atoms. The van der Waals surface area contributed by atoms with Crippen LogP contribution in [-0.4, -0.2) is 12.2 Å². The molecule has 0 saturated carbocycles. The Balaban J connectivity index is 2.45. The van der Waals surface area contributed by atoms with Gasteiger partial charge in [0.1, 0.15) is 17.7 Å². The Labute approximate surface area is 129 Å². The first-order valence-electron chi connectivity index (χ1n) is 5.49. The molecule has 0 aliphatic carbocycles. The number of aliphatic hydroxyl groups is 1. The van der Waals surface area contributed by atoms with Gasteiger partial charge in [-0.2, -0.15) is 0 Å². The van der Waals surface area contributed by atoms with Crippen LogP contribution in [0, 0.1) is 9.39 Å². The quantitative estimate of drug-likeness (QED) is 0.794. The lowest BCUT2D eigenvalue weighted by molar-refractivity contribution is 0.214. The molecule has 1 atom stereocenters. The van der Waals surface area contributed by atoms with E-state index in [2.05, 4.69) is 22.6 Å². The van der Waals surface area contributed by atoms with Crippen LogP contribution < -0.4 is 4.74 Å². The van der Waals surface area contributed by atoms with Gasteiger partial charge in [0.15, 0.2) is 0 Å². The molecule has 5 heteroatoms. The predicted molar refractivity (Wildman–Crippen MR) is 81.2 cm³/mol. The zero-order chi connectivity index (χ0) is 14.0. The largest absolute Gasteiger partial charge is 0.496 e. The summed E-state index contributed by atoms with van der Waals surface area (Å²) in [5.41, 5.74) is 0.967. The van der Waals surface area contributed by atoms with E-state index in [9.17, 15) is 9.50 Å².